The molecule has 0 radical (unpaired) electrons. The summed E-state index contributed by atoms with van der Waals surface area (Å²) in [6, 6.07) is 6.18. The molecule has 0 aliphatic heterocycles. The summed E-state index contributed by atoms with van der Waals surface area (Å²) in [5.74, 6) is -0.928. The molecule has 13 heavy (non-hydrogen) atoms. The first-order valence-corrected chi connectivity index (χ1v) is 3.62. The number of halogens is 3. The van der Waals surface area contributed by atoms with E-state index < -0.39 is 11.9 Å². The van der Waals surface area contributed by atoms with Crippen molar-refractivity contribution in [3.63, 3.8) is 0 Å². The van der Waals surface area contributed by atoms with Crippen molar-refractivity contribution in [2.24, 2.45) is 0 Å². The molecule has 4 heteroatoms. The topological polar surface area (TPSA) is 13.1 Å². The van der Waals surface area contributed by atoms with Crippen molar-refractivity contribution in [3.05, 3.63) is 36.3 Å². The number of furan rings is 1. The largest absolute Gasteiger partial charge is 0.458 e. The minimum atomic E-state index is -4.41. The average molecular weight is 186 g/mol. The third-order valence-electron chi connectivity index (χ3n) is 1.77. The first kappa shape index (κ1) is 8.16. The molecule has 1 heterocycles. The second-order valence-corrected chi connectivity index (χ2v) is 2.65. The van der Waals surface area contributed by atoms with Gasteiger partial charge in [-0.05, 0) is 0 Å². The van der Waals surface area contributed by atoms with Crippen LogP contribution in [-0.2, 0) is 6.18 Å². The third-order valence-corrected chi connectivity index (χ3v) is 1.77. The molecule has 0 aliphatic rings. The molecular weight excluding hydrogens is 181 g/mol. The molecular formula is C9H5F3O. The van der Waals surface area contributed by atoms with Gasteiger partial charge in [-0.2, -0.15) is 13.2 Å². The maximum absolute atomic E-state index is 12.3. The van der Waals surface area contributed by atoms with E-state index in [1.54, 1.807) is 18.2 Å². The quantitative estimate of drug-likeness (QED) is 0.614. The van der Waals surface area contributed by atoms with E-state index in [2.05, 4.69) is 4.42 Å². The molecule has 0 bridgehead atoms. The molecule has 0 aliphatic carbocycles. The van der Waals surface area contributed by atoms with E-state index in [9.17, 15) is 13.2 Å². The molecule has 1 aromatic heterocycles. The van der Waals surface area contributed by atoms with Gasteiger partial charge >= 0.3 is 6.18 Å². The highest BCUT2D eigenvalue weighted by atomic mass is 19.4. The molecule has 1 nitrogen and oxygen atoms in total. The Morgan fingerprint density at radius 1 is 1.08 bits per heavy atom. The molecule has 0 fully saturated rings. The Morgan fingerprint density at radius 2 is 1.77 bits per heavy atom. The Morgan fingerprint density at radius 3 is 2.46 bits per heavy atom. The lowest BCUT2D eigenvalue weighted by Crippen LogP contribution is -2.02. The van der Waals surface area contributed by atoms with Crippen molar-refractivity contribution in [2.75, 3.05) is 0 Å². The van der Waals surface area contributed by atoms with Gasteiger partial charge in [0.25, 0.3) is 0 Å². The zero-order valence-corrected chi connectivity index (χ0v) is 6.43. The summed E-state index contributed by atoms with van der Waals surface area (Å²) < 4.78 is 41.2. The lowest BCUT2D eigenvalue weighted by molar-refractivity contribution is -0.151. The summed E-state index contributed by atoms with van der Waals surface area (Å²) in [6.07, 6.45) is -3.30. The lowest BCUT2D eigenvalue weighted by Gasteiger charge is -2.01. The van der Waals surface area contributed by atoms with Gasteiger partial charge in [0.2, 0.25) is 5.76 Å². The Labute approximate surface area is 71.8 Å². The molecule has 0 amide bonds. The molecule has 0 N–H and O–H groups in total. The molecule has 0 saturated carbocycles. The predicted octanol–water partition coefficient (Wildman–Crippen LogP) is 3.45. The van der Waals surface area contributed by atoms with Crippen molar-refractivity contribution in [1.82, 2.24) is 0 Å². The summed E-state index contributed by atoms with van der Waals surface area (Å²) in [5, 5.41) is 0.574. The van der Waals surface area contributed by atoms with Gasteiger partial charge in [-0.25, -0.2) is 0 Å². The van der Waals surface area contributed by atoms with Crippen LogP contribution in [0.25, 0.3) is 10.8 Å². The highest BCUT2D eigenvalue weighted by Crippen LogP contribution is 2.35. The van der Waals surface area contributed by atoms with Gasteiger partial charge in [0.1, 0.15) is 0 Å². The van der Waals surface area contributed by atoms with Crippen molar-refractivity contribution in [3.8, 4) is 0 Å². The maximum atomic E-state index is 12.3. The monoisotopic (exact) mass is 186 g/mol. The van der Waals surface area contributed by atoms with Crippen LogP contribution in [0.2, 0.25) is 0 Å². The minimum absolute atomic E-state index is 0.106. The predicted molar refractivity (Wildman–Crippen MR) is 41.2 cm³/mol. The zero-order valence-electron chi connectivity index (χ0n) is 6.43. The normalized spacial score (nSPS) is 12.2. The Bertz CT molecular complexity index is 428. The van der Waals surface area contributed by atoms with E-state index in [0.717, 1.165) is 6.26 Å². The average Bonchev–Trinajstić information content (AvgIpc) is 2.45. The van der Waals surface area contributed by atoms with E-state index in [-0.39, 0.29) is 5.39 Å². The molecule has 0 saturated heterocycles. The van der Waals surface area contributed by atoms with Crippen LogP contribution in [0, 0.1) is 0 Å². The van der Waals surface area contributed by atoms with Crippen LogP contribution in [0.5, 0.6) is 0 Å². The van der Waals surface area contributed by atoms with E-state index in [1.807, 2.05) is 0 Å². The van der Waals surface area contributed by atoms with Crippen molar-refractivity contribution < 1.29 is 17.6 Å². The van der Waals surface area contributed by atoms with E-state index in [0.29, 0.717) is 5.39 Å². The third kappa shape index (κ3) is 1.28. The Kier molecular flexibility index (Phi) is 1.58. The number of hydrogen-bond donors (Lipinski definition) is 0. The number of fused-ring (bicyclic) bond motifs is 1. The minimum Gasteiger partial charge on any atom is -0.458 e. The van der Waals surface area contributed by atoms with Gasteiger partial charge in [0.05, 0.1) is 6.26 Å². The number of benzene rings is 1. The van der Waals surface area contributed by atoms with Crippen molar-refractivity contribution in [1.29, 1.82) is 0 Å². The Balaban J connectivity index is 2.72. The van der Waals surface area contributed by atoms with E-state index in [1.165, 1.54) is 6.07 Å². The summed E-state index contributed by atoms with van der Waals surface area (Å²) in [7, 11) is 0. The first-order chi connectivity index (χ1) is 6.09. The molecule has 0 atom stereocenters. The standard InChI is InChI=1S/C9H5F3O/c10-9(11,12)8-7-4-2-1-3-6(7)5-13-8/h1-5H. The molecule has 2 aromatic rings. The molecule has 1 aromatic carbocycles. The maximum Gasteiger partial charge on any atom is 0.450 e. The second-order valence-electron chi connectivity index (χ2n) is 2.65. The highest BCUT2D eigenvalue weighted by Gasteiger charge is 2.36. The van der Waals surface area contributed by atoms with E-state index >= 15 is 0 Å². The number of rotatable bonds is 0. The number of alkyl halides is 3. The van der Waals surface area contributed by atoms with Gasteiger partial charge in [-0.3, -0.25) is 0 Å². The van der Waals surface area contributed by atoms with Crippen LogP contribution in [0.15, 0.2) is 34.9 Å². The van der Waals surface area contributed by atoms with Crippen LogP contribution in [-0.4, -0.2) is 0 Å². The van der Waals surface area contributed by atoms with Gasteiger partial charge in [-0.1, -0.05) is 24.3 Å². The molecule has 0 unspecified atom stereocenters. The first-order valence-electron chi connectivity index (χ1n) is 3.62. The summed E-state index contributed by atoms with van der Waals surface area (Å²) >= 11 is 0. The van der Waals surface area contributed by atoms with Gasteiger partial charge in [-0.15, -0.1) is 0 Å². The number of hydrogen-bond acceptors (Lipinski definition) is 1. The van der Waals surface area contributed by atoms with E-state index in [4.69, 9.17) is 0 Å². The summed E-state index contributed by atoms with van der Waals surface area (Å²) in [5.41, 5.74) is 0. The van der Waals surface area contributed by atoms with Gasteiger partial charge in [0.15, 0.2) is 0 Å². The van der Waals surface area contributed by atoms with Crippen LogP contribution in [0.3, 0.4) is 0 Å². The van der Waals surface area contributed by atoms with Crippen molar-refractivity contribution in [2.45, 2.75) is 6.18 Å². The van der Waals surface area contributed by atoms with Crippen LogP contribution >= 0.6 is 0 Å². The van der Waals surface area contributed by atoms with Crippen LogP contribution in [0.1, 0.15) is 5.76 Å². The Hall–Kier alpha value is -1.45. The SMILES string of the molecule is FC(F)(F)c1occ2ccccc12. The highest BCUT2D eigenvalue weighted by molar-refractivity contribution is 5.84. The zero-order chi connectivity index (χ0) is 9.47. The smallest absolute Gasteiger partial charge is 0.450 e. The van der Waals surface area contributed by atoms with Crippen LogP contribution in [0.4, 0.5) is 13.2 Å². The summed E-state index contributed by atoms with van der Waals surface area (Å²) in [4.78, 5) is 0. The fourth-order valence-electron chi connectivity index (χ4n) is 1.21. The van der Waals surface area contributed by atoms with Gasteiger partial charge < -0.3 is 4.42 Å². The fraction of sp³-hybridized carbons (Fsp3) is 0.111. The molecule has 2 rings (SSSR count). The lowest BCUT2D eigenvalue weighted by atomic mass is 10.2. The van der Waals surface area contributed by atoms with Gasteiger partial charge in [0, 0.05) is 10.8 Å². The molecule has 68 valence electrons. The molecule has 0 spiro atoms. The summed E-state index contributed by atoms with van der Waals surface area (Å²) in [6.45, 7) is 0. The second kappa shape index (κ2) is 2.52. The fourth-order valence-corrected chi connectivity index (χ4v) is 1.21. The van der Waals surface area contributed by atoms with Crippen LogP contribution < -0.4 is 0 Å². The van der Waals surface area contributed by atoms with Crippen molar-refractivity contribution >= 4 is 10.8 Å².